The fourth-order valence-electron chi connectivity index (χ4n) is 0.865. The third kappa shape index (κ3) is 2.99. The summed E-state index contributed by atoms with van der Waals surface area (Å²) in [5.41, 5.74) is 0. The molecule has 3 nitrogen and oxygen atoms in total. The van der Waals surface area contributed by atoms with Crippen molar-refractivity contribution in [3.05, 3.63) is 24.3 Å². The second-order valence-electron chi connectivity index (χ2n) is 2.52. The highest BCUT2D eigenvalue weighted by molar-refractivity contribution is 7.84. The van der Waals surface area contributed by atoms with Crippen molar-refractivity contribution in [1.82, 2.24) is 0 Å². The summed E-state index contributed by atoms with van der Waals surface area (Å²) in [6.45, 7) is 1.34. The van der Waals surface area contributed by atoms with Gasteiger partial charge in [0, 0.05) is 28.9 Å². The maximum Gasteiger partial charge on any atom is 0.308 e. The van der Waals surface area contributed by atoms with E-state index < -0.39 is 10.8 Å². The number of carbonyl (C=O) groups excluding carboxylic acids is 1. The maximum atomic E-state index is 11.0. The summed E-state index contributed by atoms with van der Waals surface area (Å²) in [6, 6.07) is 6.60. The zero-order chi connectivity index (χ0) is 9.84. The fraction of sp³-hybridized carbons (Fsp3) is 0.222. The first-order valence-electron chi connectivity index (χ1n) is 3.71. The van der Waals surface area contributed by atoms with Crippen LogP contribution in [-0.2, 0) is 15.6 Å². The molecule has 0 heterocycles. The molecule has 13 heavy (non-hydrogen) atoms. The van der Waals surface area contributed by atoms with Crippen LogP contribution < -0.4 is 4.74 Å². The van der Waals surface area contributed by atoms with Gasteiger partial charge >= 0.3 is 5.97 Å². The van der Waals surface area contributed by atoms with E-state index in [2.05, 4.69) is 0 Å². The van der Waals surface area contributed by atoms with Gasteiger partial charge in [0.05, 0.1) is 0 Å². The van der Waals surface area contributed by atoms with Crippen LogP contribution in [0.1, 0.15) is 6.92 Å². The third-order valence-corrected chi connectivity index (χ3v) is 2.35. The molecule has 0 amide bonds. The van der Waals surface area contributed by atoms with Crippen LogP contribution >= 0.6 is 0 Å². The van der Waals surface area contributed by atoms with E-state index >= 15 is 0 Å². The third-order valence-electron chi connectivity index (χ3n) is 1.42. The molecule has 0 saturated carbocycles. The Labute approximate surface area is 79.2 Å². The van der Waals surface area contributed by atoms with Gasteiger partial charge in [-0.1, -0.05) is 0 Å². The van der Waals surface area contributed by atoms with E-state index in [1.807, 2.05) is 0 Å². The minimum Gasteiger partial charge on any atom is -0.427 e. The molecule has 70 valence electrons. The van der Waals surface area contributed by atoms with Crippen LogP contribution in [0.5, 0.6) is 5.75 Å². The van der Waals surface area contributed by atoms with Gasteiger partial charge in [-0.15, -0.1) is 0 Å². The molecule has 0 saturated heterocycles. The van der Waals surface area contributed by atoms with E-state index in [-0.39, 0.29) is 5.97 Å². The molecular weight excluding hydrogens is 188 g/mol. The molecule has 1 atom stereocenters. The number of benzene rings is 1. The van der Waals surface area contributed by atoms with Crippen molar-refractivity contribution < 1.29 is 13.7 Å². The highest BCUT2D eigenvalue weighted by Gasteiger charge is 1.99. The molecule has 1 aromatic carbocycles. The van der Waals surface area contributed by atoms with Gasteiger partial charge in [0.15, 0.2) is 0 Å². The molecule has 1 rings (SSSR count). The summed E-state index contributed by atoms with van der Waals surface area (Å²) in [4.78, 5) is 11.3. The Kier molecular flexibility index (Phi) is 3.19. The monoisotopic (exact) mass is 198 g/mol. The zero-order valence-corrected chi connectivity index (χ0v) is 8.26. The first-order valence-corrected chi connectivity index (χ1v) is 5.27. The summed E-state index contributed by atoms with van der Waals surface area (Å²) in [6.07, 6.45) is 1.60. The first kappa shape index (κ1) is 9.92. The van der Waals surface area contributed by atoms with Gasteiger partial charge < -0.3 is 4.74 Å². The topological polar surface area (TPSA) is 43.4 Å². The van der Waals surface area contributed by atoms with E-state index in [0.29, 0.717) is 5.75 Å². The number of rotatable bonds is 2. The lowest BCUT2D eigenvalue weighted by atomic mass is 10.3. The number of esters is 1. The molecule has 4 heteroatoms. The van der Waals surface area contributed by atoms with Crippen LogP contribution in [0.2, 0.25) is 0 Å². The largest absolute Gasteiger partial charge is 0.427 e. The summed E-state index contributed by atoms with van der Waals surface area (Å²) in [5.74, 6) is 0.118. The predicted molar refractivity (Wildman–Crippen MR) is 50.1 cm³/mol. The Balaban J connectivity index is 2.81. The smallest absolute Gasteiger partial charge is 0.308 e. The maximum absolute atomic E-state index is 11.0. The van der Waals surface area contributed by atoms with Gasteiger partial charge in [0.2, 0.25) is 0 Å². The molecule has 0 N–H and O–H groups in total. The van der Waals surface area contributed by atoms with Gasteiger partial charge in [-0.25, -0.2) is 0 Å². The highest BCUT2D eigenvalue weighted by atomic mass is 32.2. The van der Waals surface area contributed by atoms with Crippen LogP contribution in [-0.4, -0.2) is 16.4 Å². The van der Waals surface area contributed by atoms with E-state index in [0.717, 1.165) is 4.90 Å². The molecule has 0 fully saturated rings. The molecular formula is C9H10O3S. The van der Waals surface area contributed by atoms with Crippen LogP contribution in [0.15, 0.2) is 29.2 Å². The van der Waals surface area contributed by atoms with Crippen molar-refractivity contribution in [2.24, 2.45) is 0 Å². The van der Waals surface area contributed by atoms with Crippen LogP contribution in [0.25, 0.3) is 0 Å². The summed E-state index contributed by atoms with van der Waals surface area (Å²) < 4.78 is 15.8. The molecule has 0 aliphatic rings. The van der Waals surface area contributed by atoms with Gasteiger partial charge in [0.25, 0.3) is 0 Å². The molecule has 0 aromatic heterocycles. The lowest BCUT2D eigenvalue weighted by Gasteiger charge is -2.01. The number of hydrogen-bond acceptors (Lipinski definition) is 3. The summed E-state index contributed by atoms with van der Waals surface area (Å²) >= 11 is 0. The van der Waals surface area contributed by atoms with Crippen LogP contribution in [0.3, 0.4) is 0 Å². The Morgan fingerprint density at radius 1 is 1.31 bits per heavy atom. The van der Waals surface area contributed by atoms with Crippen molar-refractivity contribution in [1.29, 1.82) is 0 Å². The number of hydrogen-bond donors (Lipinski definition) is 0. The van der Waals surface area contributed by atoms with Gasteiger partial charge in [0.1, 0.15) is 5.75 Å². The fourth-order valence-corrected chi connectivity index (χ4v) is 1.38. The average Bonchev–Trinajstić information content (AvgIpc) is 2.04. The Morgan fingerprint density at radius 2 is 1.85 bits per heavy atom. The van der Waals surface area contributed by atoms with E-state index in [9.17, 15) is 9.00 Å². The lowest BCUT2D eigenvalue weighted by molar-refractivity contribution is -0.131. The van der Waals surface area contributed by atoms with E-state index in [1.165, 1.54) is 6.92 Å². The Morgan fingerprint density at radius 3 is 2.23 bits per heavy atom. The quantitative estimate of drug-likeness (QED) is 0.532. The van der Waals surface area contributed by atoms with Crippen molar-refractivity contribution in [3.8, 4) is 5.75 Å². The first-order chi connectivity index (χ1) is 6.09. The molecule has 0 aliphatic heterocycles. The minimum atomic E-state index is -0.990. The molecule has 1 aromatic rings. The molecule has 0 radical (unpaired) electrons. The number of carbonyl (C=O) groups is 1. The predicted octanol–water partition coefficient (Wildman–Crippen LogP) is 1.35. The second kappa shape index (κ2) is 4.18. The van der Waals surface area contributed by atoms with E-state index in [1.54, 1.807) is 30.5 Å². The molecule has 0 spiro atoms. The minimum absolute atomic E-state index is 0.356. The lowest BCUT2D eigenvalue weighted by Crippen LogP contribution is -2.01. The van der Waals surface area contributed by atoms with Crippen LogP contribution in [0.4, 0.5) is 0 Å². The van der Waals surface area contributed by atoms with Crippen molar-refractivity contribution >= 4 is 16.8 Å². The average molecular weight is 198 g/mol. The summed E-state index contributed by atoms with van der Waals surface area (Å²) in [7, 11) is -0.990. The zero-order valence-electron chi connectivity index (χ0n) is 7.44. The van der Waals surface area contributed by atoms with Crippen molar-refractivity contribution in [2.45, 2.75) is 11.8 Å². The molecule has 0 aliphatic carbocycles. The number of ether oxygens (including phenoxy) is 1. The summed E-state index contributed by atoms with van der Waals surface area (Å²) in [5, 5.41) is 0. The van der Waals surface area contributed by atoms with Crippen molar-refractivity contribution in [3.63, 3.8) is 0 Å². The SMILES string of the molecule is CC(=O)Oc1ccc(S(C)=O)cc1. The Bertz CT molecular complexity index is 329. The van der Waals surface area contributed by atoms with Gasteiger partial charge in [-0.3, -0.25) is 9.00 Å². The van der Waals surface area contributed by atoms with Gasteiger partial charge in [-0.05, 0) is 24.3 Å². The molecule has 1 unspecified atom stereocenters. The normalized spacial score (nSPS) is 12.2. The molecule has 0 bridgehead atoms. The Hall–Kier alpha value is -1.16. The highest BCUT2D eigenvalue weighted by Crippen LogP contribution is 2.13. The van der Waals surface area contributed by atoms with E-state index in [4.69, 9.17) is 4.74 Å². The van der Waals surface area contributed by atoms with Gasteiger partial charge in [-0.2, -0.15) is 0 Å². The van der Waals surface area contributed by atoms with Crippen molar-refractivity contribution in [2.75, 3.05) is 6.26 Å². The second-order valence-corrected chi connectivity index (χ2v) is 3.90. The van der Waals surface area contributed by atoms with Crippen LogP contribution in [0, 0.1) is 0 Å². The standard InChI is InChI=1S/C9H10O3S/c1-7(10)12-8-3-5-9(6-4-8)13(2)11/h3-6H,1-2H3.